The van der Waals surface area contributed by atoms with E-state index in [0.29, 0.717) is 17.1 Å². The van der Waals surface area contributed by atoms with Gasteiger partial charge in [0.25, 0.3) is 5.91 Å². The van der Waals surface area contributed by atoms with Crippen LogP contribution in [0.2, 0.25) is 0 Å². The molecule has 0 N–H and O–H groups in total. The third-order valence-corrected chi connectivity index (χ3v) is 3.52. The van der Waals surface area contributed by atoms with Crippen molar-refractivity contribution in [3.8, 4) is 0 Å². The molecular formula is C14H16N2O2. The number of rotatable bonds is 1. The Morgan fingerprint density at radius 1 is 1.50 bits per heavy atom. The molecule has 1 aromatic heterocycles. The van der Waals surface area contributed by atoms with Crippen molar-refractivity contribution in [3.05, 3.63) is 30.2 Å². The molecule has 3 rings (SSSR count). The van der Waals surface area contributed by atoms with Crippen molar-refractivity contribution in [2.24, 2.45) is 5.92 Å². The third kappa shape index (κ3) is 1.98. The molecule has 1 aliphatic heterocycles. The Kier molecular flexibility index (Phi) is 2.78. The lowest BCUT2D eigenvalue weighted by Gasteiger charge is -2.30. The van der Waals surface area contributed by atoms with Crippen LogP contribution in [0, 0.1) is 5.92 Å². The summed E-state index contributed by atoms with van der Waals surface area (Å²) in [6.45, 7) is 3.91. The maximum atomic E-state index is 12.4. The summed E-state index contributed by atoms with van der Waals surface area (Å²) in [6.07, 6.45) is 3.71. The zero-order chi connectivity index (χ0) is 12.5. The molecule has 0 spiro atoms. The van der Waals surface area contributed by atoms with Gasteiger partial charge in [-0.05, 0) is 37.0 Å². The van der Waals surface area contributed by atoms with Crippen molar-refractivity contribution in [2.45, 2.75) is 19.8 Å². The van der Waals surface area contributed by atoms with Crippen LogP contribution < -0.4 is 0 Å². The first kappa shape index (κ1) is 11.3. The van der Waals surface area contributed by atoms with Gasteiger partial charge in [0.05, 0.1) is 0 Å². The van der Waals surface area contributed by atoms with E-state index in [2.05, 4.69) is 11.9 Å². The summed E-state index contributed by atoms with van der Waals surface area (Å²) in [5, 5.41) is 0. The third-order valence-electron chi connectivity index (χ3n) is 3.52. The van der Waals surface area contributed by atoms with Crippen LogP contribution in [-0.2, 0) is 0 Å². The Hall–Kier alpha value is -1.84. The van der Waals surface area contributed by atoms with Crippen LogP contribution in [0.1, 0.15) is 30.1 Å². The first-order valence-electron chi connectivity index (χ1n) is 6.36. The number of piperidine rings is 1. The maximum Gasteiger partial charge on any atom is 0.254 e. The first-order valence-corrected chi connectivity index (χ1v) is 6.36. The molecule has 94 valence electrons. The van der Waals surface area contributed by atoms with Crippen LogP contribution in [0.4, 0.5) is 0 Å². The van der Waals surface area contributed by atoms with Crippen molar-refractivity contribution in [1.29, 1.82) is 0 Å². The molecule has 0 saturated carbocycles. The fourth-order valence-electron chi connectivity index (χ4n) is 2.54. The van der Waals surface area contributed by atoms with Crippen molar-refractivity contribution in [2.75, 3.05) is 13.1 Å². The molecule has 1 fully saturated rings. The minimum atomic E-state index is 0.0971. The highest BCUT2D eigenvalue weighted by molar-refractivity contribution is 5.97. The molecule has 1 saturated heterocycles. The number of oxazole rings is 1. The largest absolute Gasteiger partial charge is 0.443 e. The lowest BCUT2D eigenvalue weighted by atomic mass is 9.99. The number of fused-ring (bicyclic) bond motifs is 1. The van der Waals surface area contributed by atoms with Gasteiger partial charge in [-0.15, -0.1) is 0 Å². The number of benzene rings is 1. The van der Waals surface area contributed by atoms with Crippen LogP contribution in [0.5, 0.6) is 0 Å². The van der Waals surface area contributed by atoms with E-state index in [0.717, 1.165) is 25.0 Å². The Morgan fingerprint density at radius 2 is 2.39 bits per heavy atom. The zero-order valence-corrected chi connectivity index (χ0v) is 10.4. The highest BCUT2D eigenvalue weighted by Gasteiger charge is 2.22. The van der Waals surface area contributed by atoms with Crippen molar-refractivity contribution >= 4 is 17.0 Å². The summed E-state index contributed by atoms with van der Waals surface area (Å²) < 4.78 is 5.24. The molecule has 1 aromatic carbocycles. The second kappa shape index (κ2) is 4.44. The number of hydrogen-bond donors (Lipinski definition) is 0. The summed E-state index contributed by atoms with van der Waals surface area (Å²) in [5.41, 5.74) is 2.15. The van der Waals surface area contributed by atoms with E-state index in [1.165, 1.54) is 12.8 Å². The van der Waals surface area contributed by atoms with Crippen LogP contribution in [0.25, 0.3) is 11.1 Å². The molecule has 1 aliphatic rings. The average Bonchev–Trinajstić information content (AvgIpc) is 2.85. The second-order valence-corrected chi connectivity index (χ2v) is 5.03. The van der Waals surface area contributed by atoms with Gasteiger partial charge in [-0.3, -0.25) is 4.79 Å². The molecule has 4 nitrogen and oxygen atoms in total. The van der Waals surface area contributed by atoms with E-state index in [9.17, 15) is 4.79 Å². The number of hydrogen-bond acceptors (Lipinski definition) is 3. The zero-order valence-electron chi connectivity index (χ0n) is 10.4. The Bertz CT molecular complexity index is 576. The second-order valence-electron chi connectivity index (χ2n) is 5.03. The predicted molar refractivity (Wildman–Crippen MR) is 68.3 cm³/mol. The molecule has 0 aliphatic carbocycles. The number of amides is 1. The fourth-order valence-corrected chi connectivity index (χ4v) is 2.54. The molecule has 0 radical (unpaired) electrons. The molecule has 1 unspecified atom stereocenters. The normalized spacial score (nSPS) is 20.3. The van der Waals surface area contributed by atoms with Crippen LogP contribution in [0.15, 0.2) is 29.0 Å². The Balaban J connectivity index is 1.86. The van der Waals surface area contributed by atoms with Gasteiger partial charge in [0.2, 0.25) is 0 Å². The van der Waals surface area contributed by atoms with Gasteiger partial charge in [-0.1, -0.05) is 6.92 Å². The molecular weight excluding hydrogens is 228 g/mol. The molecule has 4 heteroatoms. The van der Waals surface area contributed by atoms with E-state index >= 15 is 0 Å². The highest BCUT2D eigenvalue weighted by atomic mass is 16.3. The van der Waals surface area contributed by atoms with Crippen molar-refractivity contribution in [3.63, 3.8) is 0 Å². The van der Waals surface area contributed by atoms with Gasteiger partial charge in [-0.2, -0.15) is 0 Å². The highest BCUT2D eigenvalue weighted by Crippen LogP contribution is 2.20. The van der Waals surface area contributed by atoms with Crippen molar-refractivity contribution < 1.29 is 9.21 Å². The Morgan fingerprint density at radius 3 is 3.22 bits per heavy atom. The number of aromatic nitrogens is 1. The number of likely N-dealkylation sites (tertiary alicyclic amines) is 1. The van der Waals surface area contributed by atoms with Gasteiger partial charge in [0.1, 0.15) is 5.52 Å². The minimum Gasteiger partial charge on any atom is -0.443 e. The van der Waals surface area contributed by atoms with Crippen molar-refractivity contribution in [1.82, 2.24) is 9.88 Å². The number of carbonyl (C=O) groups excluding carboxylic acids is 1. The van der Waals surface area contributed by atoms with Gasteiger partial charge in [-0.25, -0.2) is 4.98 Å². The average molecular weight is 244 g/mol. The number of carbonyl (C=O) groups is 1. The first-order chi connectivity index (χ1) is 8.74. The lowest BCUT2D eigenvalue weighted by molar-refractivity contribution is 0.0683. The predicted octanol–water partition coefficient (Wildman–Crippen LogP) is 2.70. The summed E-state index contributed by atoms with van der Waals surface area (Å²) in [4.78, 5) is 18.4. The standard InChI is InChI=1S/C14H16N2O2/c1-10-3-2-6-16(8-10)14(17)11-4-5-12-13(7-11)18-9-15-12/h4-5,7,9-10H,2-3,6,8H2,1H3. The molecule has 0 bridgehead atoms. The van der Waals surface area contributed by atoms with Crippen LogP contribution in [-0.4, -0.2) is 28.9 Å². The van der Waals surface area contributed by atoms with Gasteiger partial charge in [0, 0.05) is 18.7 Å². The summed E-state index contributed by atoms with van der Waals surface area (Å²) in [7, 11) is 0. The monoisotopic (exact) mass is 244 g/mol. The molecule has 2 aromatic rings. The van der Waals surface area contributed by atoms with Gasteiger partial charge < -0.3 is 9.32 Å². The van der Waals surface area contributed by atoms with E-state index in [1.54, 1.807) is 6.07 Å². The smallest absolute Gasteiger partial charge is 0.254 e. The molecule has 1 atom stereocenters. The van der Waals surface area contributed by atoms with E-state index in [1.807, 2.05) is 17.0 Å². The summed E-state index contributed by atoms with van der Waals surface area (Å²) >= 11 is 0. The van der Waals surface area contributed by atoms with E-state index in [-0.39, 0.29) is 5.91 Å². The minimum absolute atomic E-state index is 0.0971. The Labute approximate surface area is 106 Å². The van der Waals surface area contributed by atoms with Crippen LogP contribution >= 0.6 is 0 Å². The molecule has 18 heavy (non-hydrogen) atoms. The van der Waals surface area contributed by atoms with E-state index < -0.39 is 0 Å². The number of nitrogens with zero attached hydrogens (tertiary/aromatic N) is 2. The van der Waals surface area contributed by atoms with Gasteiger partial charge >= 0.3 is 0 Å². The SMILES string of the molecule is CC1CCCN(C(=O)c2ccc3ncoc3c2)C1. The summed E-state index contributed by atoms with van der Waals surface area (Å²) in [5.74, 6) is 0.691. The van der Waals surface area contributed by atoms with Crippen LogP contribution in [0.3, 0.4) is 0 Å². The van der Waals surface area contributed by atoms with E-state index in [4.69, 9.17) is 4.42 Å². The topological polar surface area (TPSA) is 46.3 Å². The molecule has 1 amide bonds. The summed E-state index contributed by atoms with van der Waals surface area (Å²) in [6, 6.07) is 5.44. The van der Waals surface area contributed by atoms with Gasteiger partial charge in [0.15, 0.2) is 12.0 Å². The molecule has 2 heterocycles. The maximum absolute atomic E-state index is 12.4. The quantitative estimate of drug-likeness (QED) is 0.774. The lowest BCUT2D eigenvalue weighted by Crippen LogP contribution is -2.39. The fraction of sp³-hybridized carbons (Fsp3) is 0.429.